The highest BCUT2D eigenvalue weighted by molar-refractivity contribution is 6.31. The number of fused-ring (bicyclic) bond motifs is 1. The number of hydrogen-bond acceptors (Lipinski definition) is 6. The minimum atomic E-state index is -1.42. The largest absolute Gasteiger partial charge is 0.490 e. The van der Waals surface area contributed by atoms with Crippen molar-refractivity contribution in [1.29, 1.82) is 0 Å². The van der Waals surface area contributed by atoms with Crippen molar-refractivity contribution in [3.63, 3.8) is 0 Å². The average Bonchev–Trinajstić information content (AvgIpc) is 2.75. The molecule has 1 saturated heterocycles. The van der Waals surface area contributed by atoms with Crippen LogP contribution in [-0.2, 0) is 17.6 Å². The first-order valence-corrected chi connectivity index (χ1v) is 11.0. The Kier molecular flexibility index (Phi) is 6.58. The highest BCUT2D eigenvalue weighted by Gasteiger charge is 2.44. The molecular formula is C24H29ClO6. The summed E-state index contributed by atoms with van der Waals surface area (Å²) >= 11 is 6.46. The van der Waals surface area contributed by atoms with Crippen molar-refractivity contribution in [1.82, 2.24) is 0 Å². The van der Waals surface area contributed by atoms with Gasteiger partial charge in [-0.2, -0.15) is 0 Å². The Morgan fingerprint density at radius 1 is 1.00 bits per heavy atom. The third-order valence-electron chi connectivity index (χ3n) is 6.47. The lowest BCUT2D eigenvalue weighted by molar-refractivity contribution is -0.231. The molecule has 168 valence electrons. The highest BCUT2D eigenvalue weighted by Crippen LogP contribution is 2.35. The van der Waals surface area contributed by atoms with Crippen molar-refractivity contribution in [3.8, 4) is 5.75 Å². The zero-order valence-electron chi connectivity index (χ0n) is 17.6. The van der Waals surface area contributed by atoms with Crippen LogP contribution in [0.4, 0.5) is 0 Å². The van der Waals surface area contributed by atoms with Gasteiger partial charge in [0.15, 0.2) is 0 Å². The molecule has 2 aromatic carbocycles. The van der Waals surface area contributed by atoms with Crippen molar-refractivity contribution in [2.75, 3.05) is 6.61 Å². The maximum Gasteiger partial charge on any atom is 0.122 e. The fraction of sp³-hybridized carbons (Fsp3) is 0.500. The van der Waals surface area contributed by atoms with Crippen LogP contribution < -0.4 is 4.74 Å². The van der Waals surface area contributed by atoms with Crippen LogP contribution in [0.3, 0.4) is 0 Å². The van der Waals surface area contributed by atoms with Gasteiger partial charge in [-0.3, -0.25) is 0 Å². The van der Waals surface area contributed by atoms with Crippen LogP contribution in [0.5, 0.6) is 5.75 Å². The first kappa shape index (κ1) is 22.5. The van der Waals surface area contributed by atoms with E-state index in [1.165, 1.54) is 5.56 Å². The highest BCUT2D eigenvalue weighted by atomic mass is 35.5. The molecule has 0 spiro atoms. The summed E-state index contributed by atoms with van der Waals surface area (Å²) in [5.74, 6) is 1.37. The first-order chi connectivity index (χ1) is 14.8. The van der Waals surface area contributed by atoms with Gasteiger partial charge in [0.05, 0.1) is 12.7 Å². The molecule has 2 aromatic rings. The molecule has 0 saturated carbocycles. The molecule has 7 atom stereocenters. The Bertz CT molecular complexity index is 932. The van der Waals surface area contributed by atoms with Crippen LogP contribution in [0, 0.1) is 5.92 Å². The topological polar surface area (TPSA) is 99.4 Å². The van der Waals surface area contributed by atoms with Crippen LogP contribution in [0.15, 0.2) is 36.4 Å². The van der Waals surface area contributed by atoms with Crippen molar-refractivity contribution in [3.05, 3.63) is 63.7 Å². The van der Waals surface area contributed by atoms with E-state index in [-0.39, 0.29) is 6.10 Å². The SMILES string of the molecule is CC1Cc2cc(Cc3cc([C@@H]4O[C@H](CO)[C@@H](O)[C@H](O)[C@H]4O)ccc3Cl)ccc2OC1C. The smallest absolute Gasteiger partial charge is 0.122 e. The molecule has 2 aliphatic rings. The molecular weight excluding hydrogens is 420 g/mol. The number of aliphatic hydroxyl groups is 4. The Hall–Kier alpha value is -1.67. The van der Waals surface area contributed by atoms with Crippen molar-refractivity contribution < 1.29 is 29.9 Å². The molecule has 2 heterocycles. The second kappa shape index (κ2) is 9.06. The standard InChI is InChI=1S/C24H29ClO6/c1-12-7-17-9-14(3-6-19(17)30-13(12)2)8-16-10-15(4-5-18(16)25)24-23(29)22(28)21(27)20(11-26)31-24/h3-6,9-10,12-13,20-24,26-29H,7-8,11H2,1-2H3/t12?,13?,20-,21-,22+,23-,24+/m1/s1. The fourth-order valence-corrected chi connectivity index (χ4v) is 4.54. The van der Waals surface area contributed by atoms with E-state index in [0.717, 1.165) is 23.3 Å². The van der Waals surface area contributed by atoms with E-state index in [0.29, 0.717) is 22.9 Å². The first-order valence-electron chi connectivity index (χ1n) is 10.7. The van der Waals surface area contributed by atoms with E-state index in [9.17, 15) is 20.4 Å². The molecule has 0 aliphatic carbocycles. The lowest BCUT2D eigenvalue weighted by Gasteiger charge is -2.40. The second-order valence-corrected chi connectivity index (χ2v) is 9.13. The van der Waals surface area contributed by atoms with Gasteiger partial charge in [0, 0.05) is 5.02 Å². The number of benzene rings is 2. The second-order valence-electron chi connectivity index (χ2n) is 8.72. The number of rotatable bonds is 4. The molecule has 0 bridgehead atoms. The van der Waals surface area contributed by atoms with Crippen molar-refractivity contribution in [2.24, 2.45) is 5.92 Å². The summed E-state index contributed by atoms with van der Waals surface area (Å²) in [6, 6.07) is 11.5. The molecule has 0 aromatic heterocycles. The molecule has 1 fully saturated rings. The summed E-state index contributed by atoms with van der Waals surface area (Å²) in [6.07, 6.45) is -4.21. The number of ether oxygens (including phenoxy) is 2. The summed E-state index contributed by atoms with van der Waals surface area (Å²) in [5.41, 5.74) is 3.76. The van der Waals surface area contributed by atoms with E-state index in [1.54, 1.807) is 12.1 Å². The van der Waals surface area contributed by atoms with Gasteiger partial charge in [0.1, 0.15) is 36.3 Å². The third kappa shape index (κ3) is 4.46. The van der Waals surface area contributed by atoms with Gasteiger partial charge in [-0.1, -0.05) is 42.8 Å². The van der Waals surface area contributed by atoms with Crippen LogP contribution in [0.25, 0.3) is 0 Å². The number of aliphatic hydroxyl groups excluding tert-OH is 4. The minimum absolute atomic E-state index is 0.197. The van der Waals surface area contributed by atoms with Gasteiger partial charge >= 0.3 is 0 Å². The average molecular weight is 449 g/mol. The van der Waals surface area contributed by atoms with Gasteiger partial charge in [0.25, 0.3) is 0 Å². The Balaban J connectivity index is 1.58. The van der Waals surface area contributed by atoms with Gasteiger partial charge in [-0.15, -0.1) is 0 Å². The zero-order valence-corrected chi connectivity index (χ0v) is 18.4. The van der Waals surface area contributed by atoms with E-state index < -0.39 is 37.1 Å². The zero-order chi connectivity index (χ0) is 22.3. The van der Waals surface area contributed by atoms with Gasteiger partial charge in [-0.25, -0.2) is 0 Å². The fourth-order valence-electron chi connectivity index (χ4n) is 4.35. The molecule has 31 heavy (non-hydrogen) atoms. The van der Waals surface area contributed by atoms with Gasteiger partial charge < -0.3 is 29.9 Å². The molecule has 6 nitrogen and oxygen atoms in total. The van der Waals surface area contributed by atoms with Crippen LogP contribution in [-0.4, -0.2) is 57.6 Å². The molecule has 4 rings (SSSR count). The molecule has 4 N–H and O–H groups in total. The summed E-state index contributed by atoms with van der Waals surface area (Å²) in [5, 5.41) is 40.6. The molecule has 0 amide bonds. The van der Waals surface area contributed by atoms with E-state index >= 15 is 0 Å². The number of hydrogen-bond donors (Lipinski definition) is 4. The third-order valence-corrected chi connectivity index (χ3v) is 6.83. The lowest BCUT2D eigenvalue weighted by Crippen LogP contribution is -2.55. The normalized spacial score (nSPS) is 32.9. The predicted molar refractivity (Wildman–Crippen MR) is 116 cm³/mol. The molecule has 0 radical (unpaired) electrons. The van der Waals surface area contributed by atoms with Crippen molar-refractivity contribution >= 4 is 11.6 Å². The summed E-state index contributed by atoms with van der Waals surface area (Å²) in [4.78, 5) is 0. The Labute approximate surface area is 187 Å². The Morgan fingerprint density at radius 3 is 2.52 bits per heavy atom. The monoisotopic (exact) mass is 448 g/mol. The summed E-state index contributed by atoms with van der Waals surface area (Å²) < 4.78 is 11.7. The van der Waals surface area contributed by atoms with E-state index in [4.69, 9.17) is 21.1 Å². The maximum absolute atomic E-state index is 10.4. The van der Waals surface area contributed by atoms with Crippen molar-refractivity contribution in [2.45, 2.75) is 63.3 Å². The predicted octanol–water partition coefficient (Wildman–Crippen LogP) is 2.41. The quantitative estimate of drug-likeness (QED) is 0.573. The lowest BCUT2D eigenvalue weighted by atomic mass is 9.89. The van der Waals surface area contributed by atoms with Crippen LogP contribution in [0.2, 0.25) is 5.02 Å². The molecule has 7 heteroatoms. The van der Waals surface area contributed by atoms with E-state index in [1.807, 2.05) is 18.2 Å². The maximum atomic E-state index is 10.4. The molecule has 2 aliphatic heterocycles. The Morgan fingerprint density at radius 2 is 1.77 bits per heavy atom. The number of halogens is 1. The van der Waals surface area contributed by atoms with Crippen LogP contribution in [0.1, 0.15) is 42.2 Å². The van der Waals surface area contributed by atoms with Gasteiger partial charge in [0.2, 0.25) is 0 Å². The van der Waals surface area contributed by atoms with Gasteiger partial charge in [-0.05, 0) is 60.1 Å². The van der Waals surface area contributed by atoms with E-state index in [2.05, 4.69) is 19.9 Å². The molecule has 2 unspecified atom stereocenters. The van der Waals surface area contributed by atoms with Crippen LogP contribution >= 0.6 is 11.6 Å². The minimum Gasteiger partial charge on any atom is -0.490 e. The summed E-state index contributed by atoms with van der Waals surface area (Å²) in [6.45, 7) is 3.81. The summed E-state index contributed by atoms with van der Waals surface area (Å²) in [7, 11) is 0.